The van der Waals surface area contributed by atoms with E-state index < -0.39 is 0 Å². The van der Waals surface area contributed by atoms with E-state index in [1.165, 1.54) is 0 Å². The molecule has 1 rings (SSSR count). The molecule has 0 aromatic carbocycles. The molecule has 64 valence electrons. The molecule has 0 aromatic rings. The number of aliphatic hydroxyl groups excluding tert-OH is 1. The number of carbonyl (C=O) groups is 1. The topological polar surface area (TPSA) is 49.3 Å². The first kappa shape index (κ1) is 8.53. The fourth-order valence-electron chi connectivity index (χ4n) is 1.22. The molecule has 0 saturated heterocycles. The van der Waals surface area contributed by atoms with E-state index in [0.29, 0.717) is 6.54 Å². The maximum Gasteiger partial charge on any atom is 0.223 e. The van der Waals surface area contributed by atoms with E-state index in [4.69, 9.17) is 5.11 Å². The first-order valence-corrected chi connectivity index (χ1v) is 3.96. The van der Waals surface area contributed by atoms with Gasteiger partial charge < -0.3 is 10.4 Å². The SMILES string of the molecule is CC1(C)CC1C(=O)NCCO. The van der Waals surface area contributed by atoms with Crippen LogP contribution >= 0.6 is 0 Å². The van der Waals surface area contributed by atoms with Crippen LogP contribution in [-0.4, -0.2) is 24.2 Å². The van der Waals surface area contributed by atoms with E-state index in [0.717, 1.165) is 6.42 Å². The fourth-order valence-corrected chi connectivity index (χ4v) is 1.22. The van der Waals surface area contributed by atoms with Gasteiger partial charge in [0.2, 0.25) is 5.91 Å². The molecule has 0 heterocycles. The van der Waals surface area contributed by atoms with E-state index in [2.05, 4.69) is 19.2 Å². The highest BCUT2D eigenvalue weighted by Crippen LogP contribution is 2.51. The number of hydrogen-bond donors (Lipinski definition) is 2. The summed E-state index contributed by atoms with van der Waals surface area (Å²) in [5.74, 6) is 0.262. The highest BCUT2D eigenvalue weighted by Gasteiger charge is 2.50. The predicted molar refractivity (Wildman–Crippen MR) is 42.0 cm³/mol. The van der Waals surface area contributed by atoms with Crippen molar-refractivity contribution in [2.45, 2.75) is 20.3 Å². The van der Waals surface area contributed by atoms with Gasteiger partial charge in [-0.3, -0.25) is 4.79 Å². The zero-order valence-corrected chi connectivity index (χ0v) is 7.05. The highest BCUT2D eigenvalue weighted by molar-refractivity contribution is 5.82. The summed E-state index contributed by atoms with van der Waals surface area (Å²) in [7, 11) is 0. The Morgan fingerprint density at radius 1 is 1.73 bits per heavy atom. The summed E-state index contributed by atoms with van der Waals surface area (Å²) in [5.41, 5.74) is 0.194. The summed E-state index contributed by atoms with van der Waals surface area (Å²) in [6.45, 7) is 4.57. The van der Waals surface area contributed by atoms with Crippen molar-refractivity contribution in [1.29, 1.82) is 0 Å². The smallest absolute Gasteiger partial charge is 0.223 e. The maximum absolute atomic E-state index is 11.2. The zero-order chi connectivity index (χ0) is 8.48. The van der Waals surface area contributed by atoms with Crippen molar-refractivity contribution in [2.75, 3.05) is 13.2 Å². The Kier molecular flexibility index (Phi) is 2.18. The third kappa shape index (κ3) is 1.93. The molecule has 1 saturated carbocycles. The summed E-state index contributed by atoms with van der Waals surface area (Å²) >= 11 is 0. The molecule has 3 heteroatoms. The summed E-state index contributed by atoms with van der Waals surface area (Å²) in [5, 5.41) is 11.1. The van der Waals surface area contributed by atoms with Gasteiger partial charge >= 0.3 is 0 Å². The van der Waals surface area contributed by atoms with Crippen molar-refractivity contribution in [3.05, 3.63) is 0 Å². The Bertz CT molecular complexity index is 165. The molecule has 0 aromatic heterocycles. The molecule has 1 amide bonds. The van der Waals surface area contributed by atoms with Crippen LogP contribution in [0.15, 0.2) is 0 Å². The van der Waals surface area contributed by atoms with E-state index >= 15 is 0 Å². The molecule has 0 bridgehead atoms. The Labute approximate surface area is 66.8 Å². The van der Waals surface area contributed by atoms with Gasteiger partial charge in [0.1, 0.15) is 0 Å². The van der Waals surface area contributed by atoms with Crippen molar-refractivity contribution >= 4 is 5.91 Å². The van der Waals surface area contributed by atoms with E-state index in [1.807, 2.05) is 0 Å². The molecule has 1 atom stereocenters. The van der Waals surface area contributed by atoms with E-state index in [-0.39, 0.29) is 23.8 Å². The molecule has 1 aliphatic carbocycles. The van der Waals surface area contributed by atoms with Crippen LogP contribution in [0.2, 0.25) is 0 Å². The monoisotopic (exact) mass is 157 g/mol. The van der Waals surface area contributed by atoms with Gasteiger partial charge in [-0.25, -0.2) is 0 Å². The minimum atomic E-state index is 0.0267. The lowest BCUT2D eigenvalue weighted by atomic mass is 10.1. The van der Waals surface area contributed by atoms with Gasteiger partial charge in [0.15, 0.2) is 0 Å². The number of amides is 1. The van der Waals surface area contributed by atoms with Crippen LogP contribution in [0, 0.1) is 11.3 Å². The van der Waals surface area contributed by atoms with E-state index in [9.17, 15) is 4.79 Å². The first-order chi connectivity index (χ1) is 5.08. The Morgan fingerprint density at radius 3 is 2.64 bits per heavy atom. The van der Waals surface area contributed by atoms with Crippen LogP contribution in [-0.2, 0) is 4.79 Å². The zero-order valence-electron chi connectivity index (χ0n) is 7.05. The summed E-state index contributed by atoms with van der Waals surface area (Å²) < 4.78 is 0. The lowest BCUT2D eigenvalue weighted by molar-refractivity contribution is -0.123. The number of aliphatic hydroxyl groups is 1. The van der Waals surface area contributed by atoms with Crippen LogP contribution in [0.3, 0.4) is 0 Å². The lowest BCUT2D eigenvalue weighted by Gasteiger charge is -2.03. The van der Waals surface area contributed by atoms with Crippen LogP contribution in [0.5, 0.6) is 0 Å². The van der Waals surface area contributed by atoms with Gasteiger partial charge in [0, 0.05) is 12.5 Å². The van der Waals surface area contributed by atoms with Gasteiger partial charge in [-0.1, -0.05) is 13.8 Å². The van der Waals surface area contributed by atoms with Crippen molar-refractivity contribution in [3.63, 3.8) is 0 Å². The van der Waals surface area contributed by atoms with Gasteiger partial charge in [-0.2, -0.15) is 0 Å². The molecule has 2 N–H and O–H groups in total. The van der Waals surface area contributed by atoms with Crippen LogP contribution in [0.1, 0.15) is 20.3 Å². The molecule has 1 unspecified atom stereocenters. The van der Waals surface area contributed by atoms with Gasteiger partial charge in [-0.05, 0) is 11.8 Å². The van der Waals surface area contributed by atoms with Crippen LogP contribution < -0.4 is 5.32 Å². The Morgan fingerprint density at radius 2 is 2.27 bits per heavy atom. The second-order valence-electron chi connectivity index (χ2n) is 3.76. The van der Waals surface area contributed by atoms with Crippen LogP contribution in [0.4, 0.5) is 0 Å². The lowest BCUT2D eigenvalue weighted by Crippen LogP contribution is -2.29. The number of rotatable bonds is 3. The average Bonchev–Trinajstić information content (AvgIpc) is 2.55. The molecule has 3 nitrogen and oxygen atoms in total. The minimum absolute atomic E-state index is 0.0267. The summed E-state index contributed by atoms with van der Waals surface area (Å²) in [4.78, 5) is 11.2. The number of carbonyl (C=O) groups excluding carboxylic acids is 1. The normalized spacial score (nSPS) is 26.3. The number of hydrogen-bond acceptors (Lipinski definition) is 2. The Hall–Kier alpha value is -0.570. The molecular weight excluding hydrogens is 142 g/mol. The molecule has 11 heavy (non-hydrogen) atoms. The Balaban J connectivity index is 2.23. The van der Waals surface area contributed by atoms with Gasteiger partial charge in [0.25, 0.3) is 0 Å². The van der Waals surface area contributed by atoms with Crippen molar-refractivity contribution in [1.82, 2.24) is 5.32 Å². The highest BCUT2D eigenvalue weighted by atomic mass is 16.3. The quantitative estimate of drug-likeness (QED) is 0.612. The maximum atomic E-state index is 11.2. The molecular formula is C8H15NO2. The van der Waals surface area contributed by atoms with Crippen molar-refractivity contribution in [3.8, 4) is 0 Å². The molecule has 1 fully saturated rings. The second kappa shape index (κ2) is 2.81. The molecule has 0 aliphatic heterocycles. The number of nitrogens with one attached hydrogen (secondary N) is 1. The second-order valence-corrected chi connectivity index (χ2v) is 3.76. The van der Waals surface area contributed by atoms with E-state index in [1.54, 1.807) is 0 Å². The largest absolute Gasteiger partial charge is 0.395 e. The molecule has 0 spiro atoms. The van der Waals surface area contributed by atoms with Gasteiger partial charge in [0.05, 0.1) is 6.61 Å². The minimum Gasteiger partial charge on any atom is -0.395 e. The predicted octanol–water partition coefficient (Wildman–Crippen LogP) is 0.141. The van der Waals surface area contributed by atoms with Crippen molar-refractivity contribution in [2.24, 2.45) is 11.3 Å². The summed E-state index contributed by atoms with van der Waals surface area (Å²) in [6.07, 6.45) is 0.976. The third-order valence-corrected chi connectivity index (χ3v) is 2.24. The third-order valence-electron chi connectivity index (χ3n) is 2.24. The van der Waals surface area contributed by atoms with Crippen molar-refractivity contribution < 1.29 is 9.90 Å². The average molecular weight is 157 g/mol. The molecule has 1 aliphatic rings. The van der Waals surface area contributed by atoms with Crippen LogP contribution in [0.25, 0.3) is 0 Å². The first-order valence-electron chi connectivity index (χ1n) is 3.96. The van der Waals surface area contributed by atoms with Gasteiger partial charge in [-0.15, -0.1) is 0 Å². The standard InChI is InChI=1S/C8H15NO2/c1-8(2)5-6(8)7(11)9-3-4-10/h6,10H,3-5H2,1-2H3,(H,9,11). The molecule has 0 radical (unpaired) electrons. The summed E-state index contributed by atoms with van der Waals surface area (Å²) in [6, 6.07) is 0. The fraction of sp³-hybridized carbons (Fsp3) is 0.875.